The number of amides is 1. The van der Waals surface area contributed by atoms with E-state index in [4.69, 9.17) is 4.52 Å². The fourth-order valence-electron chi connectivity index (χ4n) is 2.70. The van der Waals surface area contributed by atoms with E-state index in [-0.39, 0.29) is 5.91 Å². The molecule has 2 aromatic carbocycles. The second-order valence-corrected chi connectivity index (χ2v) is 7.24. The minimum atomic E-state index is -0.641. The first kappa shape index (κ1) is 18.9. The summed E-state index contributed by atoms with van der Waals surface area (Å²) in [6.07, 6.45) is 0. The van der Waals surface area contributed by atoms with Gasteiger partial charge < -0.3 is 9.84 Å². The molecule has 0 aliphatic rings. The Hall–Kier alpha value is -3.46. The van der Waals surface area contributed by atoms with Crippen molar-refractivity contribution in [3.8, 4) is 11.4 Å². The Labute approximate surface area is 169 Å². The highest BCUT2D eigenvalue weighted by atomic mass is 32.2. The Morgan fingerprint density at radius 2 is 1.93 bits per heavy atom. The largest absolute Gasteiger partial charge is 0.360 e. The number of rotatable bonds is 6. The van der Waals surface area contributed by atoms with Gasteiger partial charge in [0.25, 0.3) is 0 Å². The fraction of sp³-hybridized carbons (Fsp3) is 0.100. The van der Waals surface area contributed by atoms with E-state index in [2.05, 4.69) is 25.7 Å². The highest BCUT2D eigenvalue weighted by Gasteiger charge is 2.25. The van der Waals surface area contributed by atoms with Crippen molar-refractivity contribution in [2.24, 2.45) is 0 Å². The third-order valence-corrected chi connectivity index (χ3v) is 5.15. The molecule has 2 aromatic heterocycles. The fourth-order valence-corrected chi connectivity index (χ4v) is 3.61. The molecule has 0 spiro atoms. The highest BCUT2D eigenvalue weighted by molar-refractivity contribution is 8.00. The number of aromatic nitrogens is 4. The van der Waals surface area contributed by atoms with Crippen LogP contribution in [0.1, 0.15) is 16.6 Å². The number of nitrogens with zero attached hydrogens (tertiary/aromatic N) is 3. The Kier molecular flexibility index (Phi) is 5.39. The smallest absolute Gasteiger partial charge is 0.243 e. The number of aromatic amines is 1. The standard InChI is InChI=1S/C20H16FN5O2S/c1-12-11-16(26-28-12)22-19(27)17(13-7-3-2-4-8-13)29-20-23-18(24-25-20)14-9-5-6-10-15(14)21/h2-11,17H,1H3,(H,22,26,27)(H,23,24,25). The van der Waals surface area contributed by atoms with Gasteiger partial charge in [-0.15, -0.1) is 5.10 Å². The molecule has 1 unspecified atom stereocenters. The third-order valence-electron chi connectivity index (χ3n) is 4.04. The van der Waals surface area contributed by atoms with E-state index < -0.39 is 11.1 Å². The van der Waals surface area contributed by atoms with Gasteiger partial charge in [0.15, 0.2) is 11.6 Å². The van der Waals surface area contributed by atoms with Crippen LogP contribution in [0, 0.1) is 12.7 Å². The molecular formula is C20H16FN5O2S. The minimum absolute atomic E-state index is 0.296. The molecular weight excluding hydrogens is 393 g/mol. The van der Waals surface area contributed by atoms with Gasteiger partial charge in [-0.2, -0.15) is 0 Å². The van der Waals surface area contributed by atoms with E-state index in [0.717, 1.165) is 17.3 Å². The molecule has 4 rings (SSSR count). The van der Waals surface area contributed by atoms with E-state index in [1.807, 2.05) is 30.3 Å². The number of nitrogens with one attached hydrogen (secondary N) is 2. The van der Waals surface area contributed by atoms with Gasteiger partial charge in [0.05, 0.1) is 5.56 Å². The van der Waals surface area contributed by atoms with Crippen molar-refractivity contribution in [3.63, 3.8) is 0 Å². The quantitative estimate of drug-likeness (QED) is 0.459. The normalized spacial score (nSPS) is 11.9. The number of anilines is 1. The van der Waals surface area contributed by atoms with Gasteiger partial charge >= 0.3 is 0 Å². The molecule has 0 saturated carbocycles. The van der Waals surface area contributed by atoms with Crippen molar-refractivity contribution >= 4 is 23.5 Å². The molecule has 146 valence electrons. The summed E-state index contributed by atoms with van der Waals surface area (Å²) in [5.41, 5.74) is 1.08. The van der Waals surface area contributed by atoms with Crippen LogP contribution in [-0.4, -0.2) is 26.2 Å². The first-order chi connectivity index (χ1) is 14.1. The molecule has 2 N–H and O–H groups in total. The molecule has 0 aliphatic heterocycles. The second kappa shape index (κ2) is 8.27. The molecule has 9 heteroatoms. The van der Waals surface area contributed by atoms with Crippen molar-refractivity contribution in [2.45, 2.75) is 17.3 Å². The number of H-pyrrole nitrogens is 1. The molecule has 7 nitrogen and oxygen atoms in total. The number of aryl methyl sites for hydroxylation is 1. The summed E-state index contributed by atoms with van der Waals surface area (Å²) in [7, 11) is 0. The summed E-state index contributed by atoms with van der Waals surface area (Å²) in [6, 6.07) is 17.2. The summed E-state index contributed by atoms with van der Waals surface area (Å²) in [4.78, 5) is 17.3. The van der Waals surface area contributed by atoms with Crippen LogP contribution in [0.4, 0.5) is 10.2 Å². The second-order valence-electron chi connectivity index (χ2n) is 6.17. The van der Waals surface area contributed by atoms with E-state index >= 15 is 0 Å². The van der Waals surface area contributed by atoms with Crippen LogP contribution in [0.2, 0.25) is 0 Å². The van der Waals surface area contributed by atoms with Crippen molar-refractivity contribution < 1.29 is 13.7 Å². The highest BCUT2D eigenvalue weighted by Crippen LogP contribution is 2.35. The van der Waals surface area contributed by atoms with Gasteiger partial charge in [-0.3, -0.25) is 9.89 Å². The van der Waals surface area contributed by atoms with Crippen molar-refractivity contribution in [3.05, 3.63) is 77.8 Å². The molecule has 0 saturated heterocycles. The van der Waals surface area contributed by atoms with E-state index in [1.165, 1.54) is 6.07 Å². The minimum Gasteiger partial charge on any atom is -0.360 e. The predicted molar refractivity (Wildman–Crippen MR) is 107 cm³/mol. The summed E-state index contributed by atoms with van der Waals surface area (Å²) in [5.74, 6) is 0.513. The van der Waals surface area contributed by atoms with Gasteiger partial charge in [-0.25, -0.2) is 9.37 Å². The Balaban J connectivity index is 1.59. The zero-order valence-corrected chi connectivity index (χ0v) is 16.1. The number of carbonyl (C=O) groups excluding carboxylic acids is 1. The molecule has 1 amide bonds. The van der Waals surface area contributed by atoms with Crippen LogP contribution in [0.25, 0.3) is 11.4 Å². The van der Waals surface area contributed by atoms with Crippen molar-refractivity contribution in [2.75, 3.05) is 5.32 Å². The number of hydrogen-bond donors (Lipinski definition) is 2. The first-order valence-corrected chi connectivity index (χ1v) is 9.61. The maximum absolute atomic E-state index is 14.0. The zero-order valence-electron chi connectivity index (χ0n) is 15.3. The number of thioether (sulfide) groups is 1. The number of halogens is 1. The van der Waals surface area contributed by atoms with Gasteiger partial charge in [0, 0.05) is 6.07 Å². The molecule has 0 bridgehead atoms. The number of benzene rings is 2. The maximum atomic E-state index is 14.0. The molecule has 0 radical (unpaired) electrons. The van der Waals surface area contributed by atoms with Crippen molar-refractivity contribution in [1.29, 1.82) is 0 Å². The predicted octanol–water partition coefficient (Wildman–Crippen LogP) is 4.38. The van der Waals surface area contributed by atoms with Gasteiger partial charge in [-0.1, -0.05) is 59.4 Å². The zero-order chi connectivity index (χ0) is 20.2. The summed E-state index contributed by atoms with van der Waals surface area (Å²) < 4.78 is 19.0. The molecule has 2 heterocycles. The Morgan fingerprint density at radius 3 is 2.66 bits per heavy atom. The lowest BCUT2D eigenvalue weighted by Crippen LogP contribution is -2.19. The van der Waals surface area contributed by atoms with Gasteiger partial charge in [0.1, 0.15) is 16.8 Å². The average Bonchev–Trinajstić information content (AvgIpc) is 3.36. The maximum Gasteiger partial charge on any atom is 0.243 e. The van der Waals surface area contributed by atoms with Crippen LogP contribution >= 0.6 is 11.8 Å². The van der Waals surface area contributed by atoms with Crippen LogP contribution < -0.4 is 5.32 Å². The van der Waals surface area contributed by atoms with E-state index in [0.29, 0.717) is 28.1 Å². The monoisotopic (exact) mass is 409 g/mol. The average molecular weight is 409 g/mol. The molecule has 0 fully saturated rings. The first-order valence-electron chi connectivity index (χ1n) is 8.73. The summed E-state index contributed by atoms with van der Waals surface area (Å²) >= 11 is 1.15. The Bertz CT molecular complexity index is 1130. The SMILES string of the molecule is Cc1cc(NC(=O)C(Sc2n[nH]c(-c3ccccc3F)n2)c2ccccc2)no1. The van der Waals surface area contributed by atoms with Crippen LogP contribution in [0.3, 0.4) is 0 Å². The third kappa shape index (κ3) is 4.35. The molecule has 29 heavy (non-hydrogen) atoms. The lowest BCUT2D eigenvalue weighted by atomic mass is 10.1. The topological polar surface area (TPSA) is 96.7 Å². The van der Waals surface area contributed by atoms with E-state index in [9.17, 15) is 9.18 Å². The summed E-state index contributed by atoms with van der Waals surface area (Å²) in [6.45, 7) is 1.74. The molecule has 1 atom stereocenters. The molecule has 4 aromatic rings. The Morgan fingerprint density at radius 1 is 1.17 bits per heavy atom. The van der Waals surface area contributed by atoms with Crippen molar-refractivity contribution in [1.82, 2.24) is 20.3 Å². The van der Waals surface area contributed by atoms with Crippen LogP contribution in [0.15, 0.2) is 70.3 Å². The van der Waals surface area contributed by atoms with Crippen LogP contribution in [0.5, 0.6) is 0 Å². The van der Waals surface area contributed by atoms with Gasteiger partial charge in [-0.05, 0) is 24.6 Å². The number of hydrogen-bond acceptors (Lipinski definition) is 6. The molecule has 0 aliphatic carbocycles. The summed E-state index contributed by atoms with van der Waals surface area (Å²) in [5, 5.41) is 13.1. The number of carbonyl (C=O) groups is 1. The van der Waals surface area contributed by atoms with Gasteiger partial charge in [0.2, 0.25) is 11.1 Å². The lowest BCUT2D eigenvalue weighted by molar-refractivity contribution is -0.115. The van der Waals surface area contributed by atoms with E-state index in [1.54, 1.807) is 31.2 Å². The lowest BCUT2D eigenvalue weighted by Gasteiger charge is -2.14. The van der Waals surface area contributed by atoms with Crippen LogP contribution in [-0.2, 0) is 4.79 Å².